The summed E-state index contributed by atoms with van der Waals surface area (Å²) in [6.07, 6.45) is 12.3. The number of aromatic nitrogens is 2. The lowest BCUT2D eigenvalue weighted by molar-refractivity contribution is 0.303. The second-order valence-electron chi connectivity index (χ2n) is 6.57. The summed E-state index contributed by atoms with van der Waals surface area (Å²) in [5.41, 5.74) is 2.36. The van der Waals surface area contributed by atoms with Gasteiger partial charge in [-0.1, -0.05) is 25.0 Å². The average Bonchev–Trinajstić information content (AvgIpc) is 3.24. The van der Waals surface area contributed by atoms with Crippen LogP contribution in [-0.2, 0) is 0 Å². The molecule has 21 heavy (non-hydrogen) atoms. The van der Waals surface area contributed by atoms with Crippen LogP contribution in [0.1, 0.15) is 38.5 Å². The molecule has 1 aromatic carbocycles. The van der Waals surface area contributed by atoms with Crippen molar-refractivity contribution in [2.75, 3.05) is 5.32 Å². The van der Waals surface area contributed by atoms with Crippen LogP contribution in [0.5, 0.6) is 0 Å². The van der Waals surface area contributed by atoms with Crippen molar-refractivity contribution in [3.63, 3.8) is 0 Å². The Morgan fingerprint density at radius 2 is 1.90 bits per heavy atom. The highest BCUT2D eigenvalue weighted by molar-refractivity contribution is 5.61. The smallest absolute Gasteiger partial charge is 0.0876 e. The molecule has 3 heteroatoms. The maximum absolute atomic E-state index is 4.37. The molecule has 1 aromatic heterocycles. The summed E-state index contributed by atoms with van der Waals surface area (Å²) in [4.78, 5) is 0. The number of hydrogen-bond acceptors (Lipinski definition) is 2. The minimum Gasteiger partial charge on any atom is -0.381 e. The van der Waals surface area contributed by atoms with Gasteiger partial charge in [0, 0.05) is 18.4 Å². The van der Waals surface area contributed by atoms with E-state index in [-0.39, 0.29) is 0 Å². The number of nitrogens with one attached hydrogen (secondary N) is 1. The Balaban J connectivity index is 1.51. The van der Waals surface area contributed by atoms with Gasteiger partial charge in [0.05, 0.1) is 11.4 Å². The Labute approximate surface area is 126 Å². The second-order valence-corrected chi connectivity index (χ2v) is 6.57. The van der Waals surface area contributed by atoms with E-state index in [9.17, 15) is 0 Å². The standard InChI is InChI=1S/C18H23N3/c1-2-8-18(21-12-4-11-19-21)17(7-1)20-16-6-3-5-15(13-16)14-9-10-14/h1-2,4,7-8,11-12,14-16,20H,3,5-6,9-10,13H2. The molecule has 0 radical (unpaired) electrons. The topological polar surface area (TPSA) is 29.9 Å². The molecule has 0 amide bonds. The molecule has 4 rings (SSSR count). The third kappa shape index (κ3) is 2.82. The molecule has 2 fully saturated rings. The largest absolute Gasteiger partial charge is 0.381 e. The zero-order valence-corrected chi connectivity index (χ0v) is 12.4. The monoisotopic (exact) mass is 281 g/mol. The minimum absolute atomic E-state index is 0.626. The molecule has 0 aliphatic heterocycles. The molecule has 3 nitrogen and oxygen atoms in total. The Morgan fingerprint density at radius 3 is 2.71 bits per heavy atom. The Hall–Kier alpha value is -1.77. The quantitative estimate of drug-likeness (QED) is 0.907. The van der Waals surface area contributed by atoms with E-state index in [1.165, 1.54) is 44.2 Å². The van der Waals surface area contributed by atoms with Crippen LogP contribution in [0.3, 0.4) is 0 Å². The highest BCUT2D eigenvalue weighted by Crippen LogP contribution is 2.44. The Kier molecular flexibility index (Phi) is 3.42. The first-order chi connectivity index (χ1) is 10.4. The van der Waals surface area contributed by atoms with Gasteiger partial charge in [-0.25, -0.2) is 4.68 Å². The molecule has 1 heterocycles. The van der Waals surface area contributed by atoms with Crippen LogP contribution in [0.4, 0.5) is 5.69 Å². The number of benzene rings is 1. The first-order valence-electron chi connectivity index (χ1n) is 8.26. The number of anilines is 1. The maximum Gasteiger partial charge on any atom is 0.0876 e. The molecule has 0 spiro atoms. The average molecular weight is 281 g/mol. The van der Waals surface area contributed by atoms with Gasteiger partial charge in [-0.3, -0.25) is 0 Å². The van der Waals surface area contributed by atoms with Crippen LogP contribution in [0.15, 0.2) is 42.7 Å². The van der Waals surface area contributed by atoms with Gasteiger partial charge < -0.3 is 5.32 Å². The van der Waals surface area contributed by atoms with E-state index in [0.29, 0.717) is 6.04 Å². The number of hydrogen-bond donors (Lipinski definition) is 1. The summed E-state index contributed by atoms with van der Waals surface area (Å²) in [5, 5.41) is 8.16. The summed E-state index contributed by atoms with van der Waals surface area (Å²) in [6, 6.07) is 11.1. The molecule has 2 atom stereocenters. The fraction of sp³-hybridized carbons (Fsp3) is 0.500. The van der Waals surface area contributed by atoms with Crippen molar-refractivity contribution < 1.29 is 0 Å². The van der Waals surface area contributed by atoms with Gasteiger partial charge in [0.1, 0.15) is 0 Å². The van der Waals surface area contributed by atoms with Crippen LogP contribution in [0, 0.1) is 11.8 Å². The normalized spacial score (nSPS) is 25.7. The van der Waals surface area contributed by atoms with Gasteiger partial charge >= 0.3 is 0 Å². The summed E-state index contributed by atoms with van der Waals surface area (Å²) in [5.74, 6) is 2.00. The third-order valence-electron chi connectivity index (χ3n) is 5.02. The van der Waals surface area contributed by atoms with Crippen LogP contribution < -0.4 is 5.32 Å². The SMILES string of the molecule is c1ccc(-n2cccn2)c(NC2CCCC(C3CC3)C2)c1. The molecule has 1 N–H and O–H groups in total. The molecule has 2 saturated carbocycles. The zero-order valence-electron chi connectivity index (χ0n) is 12.4. The highest BCUT2D eigenvalue weighted by atomic mass is 15.3. The zero-order chi connectivity index (χ0) is 14.1. The molecular formula is C18H23N3. The van der Waals surface area contributed by atoms with E-state index < -0.39 is 0 Å². The van der Waals surface area contributed by atoms with Gasteiger partial charge in [-0.15, -0.1) is 0 Å². The van der Waals surface area contributed by atoms with Gasteiger partial charge in [-0.05, 0) is 55.7 Å². The summed E-state index contributed by atoms with van der Waals surface area (Å²) in [6.45, 7) is 0. The van der Waals surface area contributed by atoms with Crippen molar-refractivity contribution in [3.05, 3.63) is 42.7 Å². The number of para-hydroxylation sites is 2. The van der Waals surface area contributed by atoms with Crippen molar-refractivity contribution in [1.82, 2.24) is 9.78 Å². The van der Waals surface area contributed by atoms with Gasteiger partial charge in [-0.2, -0.15) is 5.10 Å². The van der Waals surface area contributed by atoms with Gasteiger partial charge in [0.2, 0.25) is 0 Å². The van der Waals surface area contributed by atoms with E-state index >= 15 is 0 Å². The first kappa shape index (κ1) is 12.9. The number of rotatable bonds is 4. The molecule has 110 valence electrons. The molecule has 2 aliphatic rings. The van der Waals surface area contributed by atoms with Crippen molar-refractivity contribution in [2.24, 2.45) is 11.8 Å². The Morgan fingerprint density at radius 1 is 1.00 bits per heavy atom. The van der Waals surface area contributed by atoms with E-state index in [4.69, 9.17) is 0 Å². The molecule has 0 saturated heterocycles. The summed E-state index contributed by atoms with van der Waals surface area (Å²) in [7, 11) is 0. The third-order valence-corrected chi connectivity index (χ3v) is 5.02. The predicted octanol–water partition coefficient (Wildman–Crippen LogP) is 4.25. The lowest BCUT2D eigenvalue weighted by Crippen LogP contribution is -2.28. The molecule has 2 aromatic rings. The second kappa shape index (κ2) is 5.55. The fourth-order valence-electron chi connectivity index (χ4n) is 3.78. The van der Waals surface area contributed by atoms with Crippen LogP contribution in [0.2, 0.25) is 0 Å². The Bertz CT molecular complexity index is 586. The highest BCUT2D eigenvalue weighted by Gasteiger charge is 2.34. The molecule has 2 unspecified atom stereocenters. The van der Waals surface area contributed by atoms with Crippen LogP contribution in [-0.4, -0.2) is 15.8 Å². The van der Waals surface area contributed by atoms with Crippen molar-refractivity contribution in [2.45, 2.75) is 44.6 Å². The lowest BCUT2D eigenvalue weighted by Gasteiger charge is -2.31. The minimum atomic E-state index is 0.626. The molecule has 2 aliphatic carbocycles. The van der Waals surface area contributed by atoms with Crippen molar-refractivity contribution in [1.29, 1.82) is 0 Å². The lowest BCUT2D eigenvalue weighted by atomic mass is 9.82. The van der Waals surface area contributed by atoms with E-state index in [0.717, 1.165) is 17.5 Å². The fourth-order valence-corrected chi connectivity index (χ4v) is 3.78. The first-order valence-corrected chi connectivity index (χ1v) is 8.26. The van der Waals surface area contributed by atoms with Crippen LogP contribution in [0.25, 0.3) is 5.69 Å². The summed E-state index contributed by atoms with van der Waals surface area (Å²) < 4.78 is 1.95. The maximum atomic E-state index is 4.37. The van der Waals surface area contributed by atoms with Gasteiger partial charge in [0.15, 0.2) is 0 Å². The molecule has 0 bridgehead atoms. The van der Waals surface area contributed by atoms with Gasteiger partial charge in [0.25, 0.3) is 0 Å². The van der Waals surface area contributed by atoms with E-state index in [2.05, 4.69) is 34.7 Å². The van der Waals surface area contributed by atoms with E-state index in [1.807, 2.05) is 23.1 Å². The van der Waals surface area contributed by atoms with E-state index in [1.54, 1.807) is 0 Å². The predicted molar refractivity (Wildman–Crippen MR) is 85.7 cm³/mol. The van der Waals surface area contributed by atoms with Crippen molar-refractivity contribution in [3.8, 4) is 5.69 Å². The molecular weight excluding hydrogens is 258 g/mol. The van der Waals surface area contributed by atoms with Crippen LogP contribution >= 0.6 is 0 Å². The summed E-state index contributed by atoms with van der Waals surface area (Å²) >= 11 is 0. The number of nitrogens with zero attached hydrogens (tertiary/aromatic N) is 2. The van der Waals surface area contributed by atoms with Crippen molar-refractivity contribution >= 4 is 5.69 Å².